The quantitative estimate of drug-likeness (QED) is 0.509. The number of nitrogens with one attached hydrogen (secondary N) is 2. The molecule has 2 aromatic carbocycles. The van der Waals surface area contributed by atoms with Crippen LogP contribution in [0.2, 0.25) is 0 Å². The number of carbonyl (C=O) groups excluding carboxylic acids is 1. The largest absolute Gasteiger partial charge is 0.394 e. The molecule has 0 aromatic heterocycles. The third kappa shape index (κ3) is 6.64. The lowest BCUT2D eigenvalue weighted by Gasteiger charge is -2.31. The van der Waals surface area contributed by atoms with Crippen LogP contribution in [0.5, 0.6) is 0 Å². The van der Waals surface area contributed by atoms with Crippen LogP contribution in [-0.4, -0.2) is 41.4 Å². The minimum absolute atomic E-state index is 0.154. The van der Waals surface area contributed by atoms with Crippen LogP contribution in [0, 0.1) is 5.92 Å². The Balaban J connectivity index is 1.51. The van der Waals surface area contributed by atoms with E-state index in [9.17, 15) is 15.0 Å². The Morgan fingerprint density at radius 2 is 1.81 bits per heavy atom. The first-order valence-corrected chi connectivity index (χ1v) is 11.7. The molecule has 1 aliphatic rings. The summed E-state index contributed by atoms with van der Waals surface area (Å²) in [6.45, 7) is 7.16. The maximum Gasteiger partial charge on any atom is 0.237 e. The number of aliphatic hydroxyl groups is 2. The van der Waals surface area contributed by atoms with E-state index in [1.807, 2.05) is 18.2 Å². The van der Waals surface area contributed by atoms with Gasteiger partial charge in [-0.25, -0.2) is 0 Å². The first-order valence-electron chi connectivity index (χ1n) is 11.7. The highest BCUT2D eigenvalue weighted by atomic mass is 16.3. The van der Waals surface area contributed by atoms with Gasteiger partial charge in [-0.2, -0.15) is 0 Å². The molecule has 4 N–H and O–H groups in total. The van der Waals surface area contributed by atoms with Gasteiger partial charge in [-0.05, 0) is 60.3 Å². The molecule has 32 heavy (non-hydrogen) atoms. The predicted molar refractivity (Wildman–Crippen MR) is 128 cm³/mol. The molecule has 1 aliphatic heterocycles. The van der Waals surface area contributed by atoms with E-state index in [2.05, 4.69) is 55.7 Å². The van der Waals surface area contributed by atoms with Crippen molar-refractivity contribution in [1.82, 2.24) is 10.6 Å². The Labute approximate surface area is 192 Å². The fraction of sp³-hybridized carbons (Fsp3) is 0.519. The Bertz CT molecular complexity index is 845. The van der Waals surface area contributed by atoms with Crippen LogP contribution in [-0.2, 0) is 16.6 Å². The summed E-state index contributed by atoms with van der Waals surface area (Å²) in [5, 5.41) is 26.5. The normalized spacial score (nSPS) is 21.0. The van der Waals surface area contributed by atoms with Gasteiger partial charge in [0.1, 0.15) is 6.10 Å². The van der Waals surface area contributed by atoms with Crippen molar-refractivity contribution in [2.45, 2.75) is 70.1 Å². The topological polar surface area (TPSA) is 81.6 Å². The summed E-state index contributed by atoms with van der Waals surface area (Å²) in [4.78, 5) is 12.9. The standard InChI is InChI=1S/C27H38N2O3/c1-27(2,3)22-13-11-19(12-14-22)9-10-20-15-16-28-23(17-20)26(32)29-24(18-30)25(31)21-7-5-4-6-8-21/h4-8,11-14,20,23-25,28,30-31H,9-10,15-18H2,1-3H3,(H,29,32). The second kappa shape index (κ2) is 11.1. The molecule has 2 aromatic rings. The van der Waals surface area contributed by atoms with Crippen molar-refractivity contribution < 1.29 is 15.0 Å². The summed E-state index contributed by atoms with van der Waals surface area (Å²) in [5.41, 5.74) is 3.52. The van der Waals surface area contributed by atoms with Crippen LogP contribution in [0.15, 0.2) is 54.6 Å². The summed E-state index contributed by atoms with van der Waals surface area (Å²) < 4.78 is 0. The number of aryl methyl sites for hydroxylation is 1. The zero-order valence-electron chi connectivity index (χ0n) is 19.6. The predicted octanol–water partition coefficient (Wildman–Crippen LogP) is 3.50. The lowest BCUT2D eigenvalue weighted by Crippen LogP contribution is -2.53. The summed E-state index contributed by atoms with van der Waals surface area (Å²) >= 11 is 0. The monoisotopic (exact) mass is 438 g/mol. The van der Waals surface area contributed by atoms with Crippen molar-refractivity contribution in [3.63, 3.8) is 0 Å². The van der Waals surface area contributed by atoms with E-state index < -0.39 is 12.1 Å². The molecule has 4 unspecified atom stereocenters. The smallest absolute Gasteiger partial charge is 0.237 e. The lowest BCUT2D eigenvalue weighted by atomic mass is 9.85. The van der Waals surface area contributed by atoms with E-state index in [0.717, 1.165) is 32.2 Å². The van der Waals surface area contributed by atoms with E-state index in [1.165, 1.54) is 11.1 Å². The molecule has 0 aliphatic carbocycles. The highest BCUT2D eigenvalue weighted by molar-refractivity contribution is 5.82. The molecule has 5 nitrogen and oxygen atoms in total. The summed E-state index contributed by atoms with van der Waals surface area (Å²) in [6.07, 6.45) is 2.94. The molecule has 3 rings (SSSR count). The maximum atomic E-state index is 12.9. The molecule has 1 saturated heterocycles. The van der Waals surface area contributed by atoms with Crippen molar-refractivity contribution in [2.75, 3.05) is 13.2 Å². The zero-order chi connectivity index (χ0) is 23.1. The fourth-order valence-electron chi connectivity index (χ4n) is 4.39. The SMILES string of the molecule is CC(C)(C)c1ccc(CCC2CCNC(C(=O)NC(CO)C(O)c3ccccc3)C2)cc1. The number of rotatable bonds is 8. The summed E-state index contributed by atoms with van der Waals surface area (Å²) in [5.74, 6) is 0.319. The zero-order valence-corrected chi connectivity index (χ0v) is 19.6. The van der Waals surface area contributed by atoms with Crippen LogP contribution in [0.1, 0.15) is 62.8 Å². The minimum atomic E-state index is -0.944. The lowest BCUT2D eigenvalue weighted by molar-refractivity contribution is -0.126. The van der Waals surface area contributed by atoms with Crippen LogP contribution >= 0.6 is 0 Å². The fourth-order valence-corrected chi connectivity index (χ4v) is 4.39. The van der Waals surface area contributed by atoms with Crippen LogP contribution in [0.4, 0.5) is 0 Å². The van der Waals surface area contributed by atoms with Crippen molar-refractivity contribution in [2.24, 2.45) is 5.92 Å². The van der Waals surface area contributed by atoms with Gasteiger partial charge in [0.15, 0.2) is 0 Å². The van der Waals surface area contributed by atoms with Gasteiger partial charge in [0.05, 0.1) is 18.7 Å². The molecule has 0 radical (unpaired) electrons. The average Bonchev–Trinajstić information content (AvgIpc) is 2.81. The number of benzene rings is 2. The number of amides is 1. The van der Waals surface area contributed by atoms with Gasteiger partial charge in [0.2, 0.25) is 5.91 Å². The van der Waals surface area contributed by atoms with Gasteiger partial charge in [-0.1, -0.05) is 75.4 Å². The second-order valence-corrected chi connectivity index (χ2v) is 10.0. The third-order valence-electron chi connectivity index (χ3n) is 6.54. The molecule has 1 fully saturated rings. The molecule has 174 valence electrons. The summed E-state index contributed by atoms with van der Waals surface area (Å²) in [6, 6.07) is 17.0. The molecular formula is C27H38N2O3. The molecule has 5 heteroatoms. The number of piperidine rings is 1. The van der Waals surface area contributed by atoms with E-state index in [-0.39, 0.29) is 24.0 Å². The van der Waals surface area contributed by atoms with Crippen molar-refractivity contribution >= 4 is 5.91 Å². The van der Waals surface area contributed by atoms with Gasteiger partial charge in [0, 0.05) is 0 Å². The molecule has 0 saturated carbocycles. The Kier molecular flexibility index (Phi) is 8.46. The highest BCUT2D eigenvalue weighted by Gasteiger charge is 2.30. The molecule has 1 amide bonds. The van der Waals surface area contributed by atoms with Gasteiger partial charge >= 0.3 is 0 Å². The van der Waals surface area contributed by atoms with Crippen molar-refractivity contribution in [1.29, 1.82) is 0 Å². The van der Waals surface area contributed by atoms with Crippen LogP contribution < -0.4 is 10.6 Å². The number of hydrogen-bond acceptors (Lipinski definition) is 4. The average molecular weight is 439 g/mol. The number of hydrogen-bond donors (Lipinski definition) is 4. The van der Waals surface area contributed by atoms with Gasteiger partial charge in [-0.3, -0.25) is 4.79 Å². The van der Waals surface area contributed by atoms with Gasteiger partial charge in [-0.15, -0.1) is 0 Å². The second-order valence-electron chi connectivity index (χ2n) is 10.0. The third-order valence-corrected chi connectivity index (χ3v) is 6.54. The first kappa shape index (κ1) is 24.4. The first-order chi connectivity index (χ1) is 15.3. The van der Waals surface area contributed by atoms with Crippen LogP contribution in [0.3, 0.4) is 0 Å². The van der Waals surface area contributed by atoms with E-state index in [1.54, 1.807) is 12.1 Å². The summed E-state index contributed by atoms with van der Waals surface area (Å²) in [7, 11) is 0. The molecule has 1 heterocycles. The van der Waals surface area contributed by atoms with Crippen molar-refractivity contribution in [3.05, 3.63) is 71.3 Å². The Morgan fingerprint density at radius 3 is 2.44 bits per heavy atom. The molecule has 0 bridgehead atoms. The number of carbonyl (C=O) groups is 1. The minimum Gasteiger partial charge on any atom is -0.394 e. The molecular weight excluding hydrogens is 400 g/mol. The number of aliphatic hydroxyl groups excluding tert-OH is 2. The molecule has 4 atom stereocenters. The van der Waals surface area contributed by atoms with Crippen LogP contribution in [0.25, 0.3) is 0 Å². The van der Waals surface area contributed by atoms with E-state index in [0.29, 0.717) is 11.5 Å². The van der Waals surface area contributed by atoms with Crippen molar-refractivity contribution in [3.8, 4) is 0 Å². The highest BCUT2D eigenvalue weighted by Crippen LogP contribution is 2.25. The maximum absolute atomic E-state index is 12.9. The Morgan fingerprint density at radius 1 is 1.12 bits per heavy atom. The van der Waals surface area contributed by atoms with E-state index in [4.69, 9.17) is 0 Å². The Hall–Kier alpha value is -2.21. The molecule has 0 spiro atoms. The van der Waals surface area contributed by atoms with Gasteiger partial charge in [0.25, 0.3) is 0 Å². The van der Waals surface area contributed by atoms with E-state index >= 15 is 0 Å². The van der Waals surface area contributed by atoms with Gasteiger partial charge < -0.3 is 20.8 Å².